The van der Waals surface area contributed by atoms with E-state index in [2.05, 4.69) is 25.7 Å². The van der Waals surface area contributed by atoms with Gasteiger partial charge in [0.05, 0.1) is 18.0 Å². The summed E-state index contributed by atoms with van der Waals surface area (Å²) in [6.45, 7) is 14.2. The molecule has 43 heavy (non-hydrogen) atoms. The Bertz CT molecular complexity index is 1060. The van der Waals surface area contributed by atoms with Gasteiger partial charge >= 0.3 is 17.9 Å². The predicted molar refractivity (Wildman–Crippen MR) is 163 cm³/mol. The average Bonchev–Trinajstić information content (AvgIpc) is 3.33. The molecular weight excluding hydrogens is 574 g/mol. The van der Waals surface area contributed by atoms with Gasteiger partial charge in [-0.3, -0.25) is 9.59 Å². The number of esters is 2. The Kier molecular flexibility index (Phi) is 11.9. The highest BCUT2D eigenvalue weighted by molar-refractivity contribution is 7.99. The Morgan fingerprint density at radius 2 is 1.81 bits per heavy atom. The molecule has 244 valence electrons. The molecule has 0 saturated heterocycles. The molecule has 3 rings (SSSR count). The lowest BCUT2D eigenvalue weighted by Gasteiger charge is -2.62. The molecule has 11 heteroatoms. The second-order valence-electron chi connectivity index (χ2n) is 13.3. The highest BCUT2D eigenvalue weighted by Crippen LogP contribution is 2.68. The maximum absolute atomic E-state index is 13.6. The standard InChI is InChI=1S/C32H51NO9S/c1-7-33(8-2)15-16-43-19-27(39)42-24-17-30(5,23(35)18-41-26(38)10-9-25(36)37)29(40)21(4)32-13-11-20(3)31(24,6)28(32)22(34)12-14-32/h9-10,20-21,23-24,28-29,35,40H,7-8,11-19H2,1-6H3,(H,36,37)/b10-9+/t20-,21+,23?,24-,28+,29+,30+,31+,32+/m1/s1. The van der Waals surface area contributed by atoms with Gasteiger partial charge in [-0.25, -0.2) is 9.59 Å². The second-order valence-corrected chi connectivity index (χ2v) is 14.4. The molecule has 3 fully saturated rings. The maximum atomic E-state index is 13.6. The molecular formula is C32H51NO9S. The molecule has 3 aliphatic rings. The molecule has 10 nitrogen and oxygen atoms in total. The van der Waals surface area contributed by atoms with Crippen molar-refractivity contribution >= 4 is 35.5 Å². The molecule has 1 unspecified atom stereocenters. The van der Waals surface area contributed by atoms with Crippen LogP contribution in [-0.4, -0.2) is 100.0 Å². The van der Waals surface area contributed by atoms with Crippen molar-refractivity contribution in [3.05, 3.63) is 12.2 Å². The van der Waals surface area contributed by atoms with E-state index in [1.54, 1.807) is 6.92 Å². The number of Topliss-reactive ketones (excluding diaryl/α,β-unsaturated/α-hetero) is 1. The number of hydrogen-bond acceptors (Lipinski definition) is 10. The van der Waals surface area contributed by atoms with Crippen molar-refractivity contribution in [2.45, 2.75) is 92.0 Å². The maximum Gasteiger partial charge on any atom is 0.331 e. The van der Waals surface area contributed by atoms with Gasteiger partial charge < -0.3 is 29.7 Å². The van der Waals surface area contributed by atoms with E-state index in [0.29, 0.717) is 18.9 Å². The summed E-state index contributed by atoms with van der Waals surface area (Å²) < 4.78 is 11.5. The first-order valence-electron chi connectivity index (χ1n) is 15.6. The molecule has 0 aromatic heterocycles. The predicted octanol–water partition coefficient (Wildman–Crippen LogP) is 3.33. The molecule has 0 aliphatic heterocycles. The summed E-state index contributed by atoms with van der Waals surface area (Å²) in [4.78, 5) is 52.2. The fourth-order valence-corrected chi connectivity index (χ4v) is 9.02. The van der Waals surface area contributed by atoms with Crippen LogP contribution in [0.1, 0.15) is 73.6 Å². The van der Waals surface area contributed by atoms with Crippen molar-refractivity contribution in [3.63, 3.8) is 0 Å². The average molecular weight is 626 g/mol. The Labute approximate surface area is 259 Å². The summed E-state index contributed by atoms with van der Waals surface area (Å²) in [6, 6.07) is 0. The van der Waals surface area contributed by atoms with Gasteiger partial charge in [0.25, 0.3) is 0 Å². The molecule has 0 amide bonds. The first-order chi connectivity index (χ1) is 20.2. The minimum absolute atomic E-state index is 0.0450. The van der Waals surface area contributed by atoms with E-state index >= 15 is 0 Å². The number of rotatable bonds is 13. The molecule has 9 atom stereocenters. The van der Waals surface area contributed by atoms with Crippen LogP contribution in [0.2, 0.25) is 0 Å². The summed E-state index contributed by atoms with van der Waals surface area (Å²) in [5.74, 6) is -2.26. The Hall–Kier alpha value is -1.95. The van der Waals surface area contributed by atoms with E-state index in [-0.39, 0.29) is 35.7 Å². The topological polar surface area (TPSA) is 151 Å². The van der Waals surface area contributed by atoms with Crippen LogP contribution < -0.4 is 0 Å². The number of aliphatic hydroxyl groups excluding tert-OH is 2. The third kappa shape index (κ3) is 7.15. The highest BCUT2D eigenvalue weighted by atomic mass is 32.2. The van der Waals surface area contributed by atoms with Crippen LogP contribution in [0.3, 0.4) is 0 Å². The zero-order chi connectivity index (χ0) is 32.2. The Morgan fingerprint density at radius 3 is 2.44 bits per heavy atom. The summed E-state index contributed by atoms with van der Waals surface area (Å²) in [5.41, 5.74) is -2.49. The normalized spacial score (nSPS) is 36.6. The van der Waals surface area contributed by atoms with E-state index in [4.69, 9.17) is 14.6 Å². The number of carbonyl (C=O) groups excluding carboxylic acids is 3. The lowest BCUT2D eigenvalue weighted by Crippen LogP contribution is -2.65. The van der Waals surface area contributed by atoms with E-state index in [1.165, 1.54) is 11.8 Å². The van der Waals surface area contributed by atoms with Crippen LogP contribution in [0.4, 0.5) is 0 Å². The number of aliphatic carboxylic acids is 1. The molecule has 0 aromatic rings. The minimum Gasteiger partial charge on any atom is -0.478 e. The van der Waals surface area contributed by atoms with Crippen molar-refractivity contribution in [1.82, 2.24) is 4.90 Å². The van der Waals surface area contributed by atoms with Gasteiger partial charge in [-0.1, -0.05) is 41.5 Å². The quantitative estimate of drug-likeness (QED) is 0.157. The molecule has 0 radical (unpaired) electrons. The van der Waals surface area contributed by atoms with Crippen molar-refractivity contribution in [2.75, 3.05) is 37.7 Å². The molecule has 0 aromatic carbocycles. The van der Waals surface area contributed by atoms with Crippen LogP contribution >= 0.6 is 11.8 Å². The van der Waals surface area contributed by atoms with E-state index in [1.807, 2.05) is 13.8 Å². The number of carboxylic acid groups (broad SMARTS) is 1. The van der Waals surface area contributed by atoms with E-state index in [9.17, 15) is 29.4 Å². The first-order valence-corrected chi connectivity index (χ1v) is 16.8. The zero-order valence-electron chi connectivity index (χ0n) is 26.5. The monoisotopic (exact) mass is 625 g/mol. The summed E-state index contributed by atoms with van der Waals surface area (Å²) >= 11 is 1.50. The third-order valence-corrected chi connectivity index (χ3v) is 12.2. The van der Waals surface area contributed by atoms with Crippen LogP contribution in [0.25, 0.3) is 0 Å². The van der Waals surface area contributed by atoms with Gasteiger partial charge in [-0.05, 0) is 56.0 Å². The van der Waals surface area contributed by atoms with Crippen LogP contribution in [0.15, 0.2) is 12.2 Å². The van der Waals surface area contributed by atoms with Crippen molar-refractivity contribution in [3.8, 4) is 0 Å². The van der Waals surface area contributed by atoms with Crippen LogP contribution in [-0.2, 0) is 28.7 Å². The Balaban J connectivity index is 1.94. The molecule has 3 saturated carbocycles. The van der Waals surface area contributed by atoms with E-state index in [0.717, 1.165) is 44.3 Å². The number of aliphatic hydroxyl groups is 2. The molecule has 3 N–H and O–H groups in total. The van der Waals surface area contributed by atoms with Gasteiger partial charge in [0.2, 0.25) is 0 Å². The van der Waals surface area contributed by atoms with Gasteiger partial charge in [0.15, 0.2) is 0 Å². The number of carboxylic acids is 1. The first kappa shape index (κ1) is 35.5. The van der Waals surface area contributed by atoms with Crippen LogP contribution in [0.5, 0.6) is 0 Å². The van der Waals surface area contributed by atoms with Crippen LogP contribution in [0, 0.1) is 34.0 Å². The zero-order valence-corrected chi connectivity index (χ0v) is 27.4. The van der Waals surface area contributed by atoms with Gasteiger partial charge in [0, 0.05) is 47.6 Å². The van der Waals surface area contributed by atoms with Crippen molar-refractivity contribution in [2.24, 2.45) is 34.0 Å². The van der Waals surface area contributed by atoms with E-state index < -0.39 is 59.1 Å². The molecule has 2 bridgehead atoms. The van der Waals surface area contributed by atoms with Gasteiger partial charge in [-0.15, -0.1) is 11.8 Å². The molecule has 0 heterocycles. The lowest BCUT2D eigenvalue weighted by molar-refractivity contribution is -0.225. The summed E-state index contributed by atoms with van der Waals surface area (Å²) in [5, 5.41) is 32.3. The minimum atomic E-state index is -1.35. The third-order valence-electron chi connectivity index (χ3n) is 11.3. The molecule has 0 spiro atoms. The largest absolute Gasteiger partial charge is 0.478 e. The number of nitrogens with zero attached hydrogens (tertiary/aromatic N) is 1. The SMILES string of the molecule is CCN(CC)CCSCC(=O)O[C@@H]1C[C@@](C)(C(O)COC(=O)/C=C/C(=O)O)[C@@H](O)[C@H](C)[C@]23CCC(=O)[C@H]2[C@@]1(C)[C@H](C)CC3. The lowest BCUT2D eigenvalue weighted by atomic mass is 9.43. The van der Waals surface area contributed by atoms with Crippen molar-refractivity contribution < 1.29 is 44.0 Å². The fraction of sp³-hybridized carbons (Fsp3) is 0.812. The number of ether oxygens (including phenoxy) is 2. The Morgan fingerprint density at radius 1 is 1.14 bits per heavy atom. The summed E-state index contributed by atoms with van der Waals surface area (Å²) in [7, 11) is 0. The van der Waals surface area contributed by atoms with Crippen molar-refractivity contribution in [1.29, 1.82) is 0 Å². The molecule has 3 aliphatic carbocycles. The number of hydrogen-bond donors (Lipinski definition) is 3. The number of carbonyl (C=O) groups is 4. The van der Waals surface area contributed by atoms with Gasteiger partial charge in [-0.2, -0.15) is 0 Å². The van der Waals surface area contributed by atoms with Gasteiger partial charge in [0.1, 0.15) is 18.5 Å². The number of ketones is 1. The fourth-order valence-electron chi connectivity index (χ4n) is 8.25. The summed E-state index contributed by atoms with van der Waals surface area (Å²) in [6.07, 6.45) is 0.884. The number of thioether (sulfide) groups is 1. The smallest absolute Gasteiger partial charge is 0.331 e. The highest BCUT2D eigenvalue weighted by Gasteiger charge is 2.69. The second kappa shape index (κ2) is 14.4.